The molecule has 7 heteroatoms. The van der Waals surface area contributed by atoms with Crippen molar-refractivity contribution >= 4 is 5.91 Å². The summed E-state index contributed by atoms with van der Waals surface area (Å²) in [5.74, 6) is 0.165. The Bertz CT molecular complexity index is 359. The van der Waals surface area contributed by atoms with E-state index in [0.717, 1.165) is 13.2 Å². The highest BCUT2D eigenvalue weighted by Gasteiger charge is 2.19. The second kappa shape index (κ2) is 5.04. The van der Waals surface area contributed by atoms with Crippen molar-refractivity contribution < 1.29 is 14.1 Å². The lowest BCUT2D eigenvalue weighted by Crippen LogP contribution is -2.42. The van der Waals surface area contributed by atoms with Crippen molar-refractivity contribution in [3.8, 4) is 0 Å². The molecule has 1 atom stereocenters. The number of nitrogens with zero attached hydrogens (tertiary/aromatic N) is 2. The van der Waals surface area contributed by atoms with Gasteiger partial charge in [0, 0.05) is 26.1 Å². The quantitative estimate of drug-likeness (QED) is 0.684. The van der Waals surface area contributed by atoms with E-state index in [9.17, 15) is 4.79 Å². The van der Waals surface area contributed by atoms with Crippen molar-refractivity contribution in [2.45, 2.75) is 12.5 Å². The third kappa shape index (κ3) is 2.56. The molecule has 0 aliphatic carbocycles. The molecule has 7 nitrogen and oxygen atoms in total. The summed E-state index contributed by atoms with van der Waals surface area (Å²) in [4.78, 5) is 15.2. The summed E-state index contributed by atoms with van der Waals surface area (Å²) in [7, 11) is 1.52. The number of amides is 1. The van der Waals surface area contributed by atoms with E-state index in [1.165, 1.54) is 7.05 Å². The molecular weight excluding hydrogens is 212 g/mol. The molecule has 1 aromatic rings. The van der Waals surface area contributed by atoms with Gasteiger partial charge in [-0.15, -0.1) is 0 Å². The van der Waals surface area contributed by atoms with Gasteiger partial charge in [-0.1, -0.05) is 5.16 Å². The summed E-state index contributed by atoms with van der Waals surface area (Å²) in [5, 5.41) is 9.29. The number of carbonyl (C=O) groups is 1. The van der Waals surface area contributed by atoms with E-state index in [-0.39, 0.29) is 17.8 Å². The largest absolute Gasteiger partial charge is 0.378 e. The molecule has 1 aromatic heterocycles. The Kier molecular flexibility index (Phi) is 3.47. The van der Waals surface area contributed by atoms with E-state index in [0.29, 0.717) is 18.9 Å². The fourth-order valence-electron chi connectivity index (χ4n) is 1.50. The van der Waals surface area contributed by atoms with Gasteiger partial charge in [0.15, 0.2) is 0 Å². The highest BCUT2D eigenvalue weighted by atomic mass is 16.5. The average Bonchev–Trinajstić information content (AvgIpc) is 2.78. The highest BCUT2D eigenvalue weighted by molar-refractivity contribution is 5.89. The molecular formula is C9H14N4O3. The number of hydrogen-bond donors (Lipinski definition) is 2. The van der Waals surface area contributed by atoms with Crippen LogP contribution in [-0.4, -0.2) is 48.9 Å². The maximum absolute atomic E-state index is 11.2. The summed E-state index contributed by atoms with van der Waals surface area (Å²) in [6.45, 7) is 2.17. The van der Waals surface area contributed by atoms with E-state index in [4.69, 9.17) is 9.26 Å². The van der Waals surface area contributed by atoms with Crippen LogP contribution in [0.15, 0.2) is 4.52 Å². The molecule has 1 unspecified atom stereocenters. The van der Waals surface area contributed by atoms with Gasteiger partial charge in [0.1, 0.15) is 0 Å². The van der Waals surface area contributed by atoms with E-state index in [1.807, 2.05) is 0 Å². The third-order valence-corrected chi connectivity index (χ3v) is 2.32. The predicted octanol–water partition coefficient (Wildman–Crippen LogP) is -1.04. The first kappa shape index (κ1) is 11.0. The minimum atomic E-state index is -0.345. The third-order valence-electron chi connectivity index (χ3n) is 2.32. The number of carbonyl (C=O) groups excluding carboxylic acids is 1. The van der Waals surface area contributed by atoms with Crippen molar-refractivity contribution in [2.75, 3.05) is 26.8 Å². The van der Waals surface area contributed by atoms with Crippen molar-refractivity contribution in [3.05, 3.63) is 11.7 Å². The summed E-state index contributed by atoms with van der Waals surface area (Å²) >= 11 is 0. The van der Waals surface area contributed by atoms with Gasteiger partial charge in [-0.05, 0) is 0 Å². The number of aromatic nitrogens is 2. The van der Waals surface area contributed by atoms with Crippen molar-refractivity contribution in [1.29, 1.82) is 0 Å². The molecule has 1 amide bonds. The molecule has 0 spiro atoms. The zero-order valence-electron chi connectivity index (χ0n) is 9.02. The molecule has 0 aromatic carbocycles. The average molecular weight is 226 g/mol. The van der Waals surface area contributed by atoms with Crippen LogP contribution >= 0.6 is 0 Å². The predicted molar refractivity (Wildman–Crippen MR) is 54.0 cm³/mol. The lowest BCUT2D eigenvalue weighted by molar-refractivity contribution is 0.0744. The van der Waals surface area contributed by atoms with Crippen LogP contribution in [0.25, 0.3) is 0 Å². The zero-order chi connectivity index (χ0) is 11.4. The number of nitrogens with one attached hydrogen (secondary N) is 2. The highest BCUT2D eigenvalue weighted by Crippen LogP contribution is 2.04. The summed E-state index contributed by atoms with van der Waals surface area (Å²) in [6, 6.07) is 0.173. The van der Waals surface area contributed by atoms with Crippen LogP contribution in [0, 0.1) is 0 Å². The van der Waals surface area contributed by atoms with Gasteiger partial charge < -0.3 is 19.9 Å². The first-order chi connectivity index (χ1) is 7.79. The number of hydrogen-bond acceptors (Lipinski definition) is 6. The first-order valence-corrected chi connectivity index (χ1v) is 5.15. The molecule has 0 radical (unpaired) electrons. The Hall–Kier alpha value is -1.47. The molecule has 2 heterocycles. The lowest BCUT2D eigenvalue weighted by Gasteiger charge is -2.22. The monoisotopic (exact) mass is 226 g/mol. The minimum absolute atomic E-state index is 0.0641. The van der Waals surface area contributed by atoms with Gasteiger partial charge in [0.2, 0.25) is 5.89 Å². The fourth-order valence-corrected chi connectivity index (χ4v) is 1.50. The maximum Gasteiger partial charge on any atom is 0.292 e. The van der Waals surface area contributed by atoms with Gasteiger partial charge >= 0.3 is 0 Å². The number of rotatable bonds is 3. The maximum atomic E-state index is 11.2. The number of morpholine rings is 1. The summed E-state index contributed by atoms with van der Waals surface area (Å²) in [5.41, 5.74) is 0. The van der Waals surface area contributed by atoms with Gasteiger partial charge in [-0.25, -0.2) is 0 Å². The van der Waals surface area contributed by atoms with Gasteiger partial charge in [0.25, 0.3) is 11.7 Å². The molecule has 1 saturated heterocycles. The Labute approximate surface area is 92.5 Å². The van der Waals surface area contributed by atoms with E-state index >= 15 is 0 Å². The molecule has 0 saturated carbocycles. The smallest absolute Gasteiger partial charge is 0.292 e. The zero-order valence-corrected chi connectivity index (χ0v) is 9.02. The fraction of sp³-hybridized carbons (Fsp3) is 0.667. The molecule has 1 aliphatic heterocycles. The van der Waals surface area contributed by atoms with Crippen LogP contribution in [0.2, 0.25) is 0 Å². The molecule has 2 rings (SSSR count). The summed E-state index contributed by atoms with van der Waals surface area (Å²) in [6.07, 6.45) is 0.573. The molecule has 1 fully saturated rings. The van der Waals surface area contributed by atoms with Crippen LogP contribution in [0.5, 0.6) is 0 Å². The van der Waals surface area contributed by atoms with Crippen LogP contribution in [-0.2, 0) is 11.2 Å². The SMILES string of the molecule is CNC(=O)c1noc(CC2COCCN2)n1. The summed E-state index contributed by atoms with van der Waals surface area (Å²) < 4.78 is 10.3. The first-order valence-electron chi connectivity index (χ1n) is 5.15. The van der Waals surface area contributed by atoms with Crippen LogP contribution < -0.4 is 10.6 Å². The molecule has 2 N–H and O–H groups in total. The van der Waals surface area contributed by atoms with Crippen molar-refractivity contribution in [2.24, 2.45) is 0 Å². The van der Waals surface area contributed by atoms with Crippen molar-refractivity contribution in [3.63, 3.8) is 0 Å². The Balaban J connectivity index is 1.94. The molecule has 0 bridgehead atoms. The van der Waals surface area contributed by atoms with Crippen LogP contribution in [0.1, 0.15) is 16.5 Å². The molecule has 88 valence electrons. The van der Waals surface area contributed by atoms with Gasteiger partial charge in [-0.3, -0.25) is 4.79 Å². The van der Waals surface area contributed by atoms with Gasteiger partial charge in [-0.2, -0.15) is 4.98 Å². The Morgan fingerprint density at radius 3 is 3.25 bits per heavy atom. The van der Waals surface area contributed by atoms with E-state index in [1.54, 1.807) is 0 Å². The number of ether oxygens (including phenoxy) is 1. The van der Waals surface area contributed by atoms with Crippen LogP contribution in [0.4, 0.5) is 0 Å². The lowest BCUT2D eigenvalue weighted by atomic mass is 10.2. The molecule has 1 aliphatic rings. The van der Waals surface area contributed by atoms with Crippen LogP contribution in [0.3, 0.4) is 0 Å². The van der Waals surface area contributed by atoms with Crippen molar-refractivity contribution in [1.82, 2.24) is 20.8 Å². The Morgan fingerprint density at radius 2 is 2.56 bits per heavy atom. The van der Waals surface area contributed by atoms with Gasteiger partial charge in [0.05, 0.1) is 13.2 Å². The normalized spacial score (nSPS) is 20.7. The van der Waals surface area contributed by atoms with E-state index in [2.05, 4.69) is 20.8 Å². The standard InChI is InChI=1S/C9H14N4O3/c1-10-9(14)8-12-7(16-13-8)4-6-5-15-3-2-11-6/h6,11H,2-5H2,1H3,(H,10,14). The minimum Gasteiger partial charge on any atom is -0.378 e. The molecule has 16 heavy (non-hydrogen) atoms. The second-order valence-electron chi connectivity index (χ2n) is 3.52. The second-order valence-corrected chi connectivity index (χ2v) is 3.52. The topological polar surface area (TPSA) is 89.3 Å². The van der Waals surface area contributed by atoms with E-state index < -0.39 is 0 Å². The Morgan fingerprint density at radius 1 is 1.69 bits per heavy atom.